The highest BCUT2D eigenvalue weighted by Gasteiger charge is 2.47. The Morgan fingerprint density at radius 3 is 2.86 bits per heavy atom. The molecule has 1 saturated heterocycles. The lowest BCUT2D eigenvalue weighted by Gasteiger charge is -2.37. The van der Waals surface area contributed by atoms with Gasteiger partial charge in [0.1, 0.15) is 5.54 Å². The number of carbonyl (C=O) groups is 1. The lowest BCUT2D eigenvalue weighted by Crippen LogP contribution is -2.52. The van der Waals surface area contributed by atoms with Crippen molar-refractivity contribution in [1.29, 1.82) is 0 Å². The first kappa shape index (κ1) is 16.8. The zero-order valence-corrected chi connectivity index (χ0v) is 14.0. The molecule has 1 aliphatic carbocycles. The summed E-state index contributed by atoms with van der Waals surface area (Å²) in [6, 6.07) is 0.544. The SMILES string of the molecule is CCCNC1(C(=O)OC)CCC(N2CCCC(CC)C2)C1. The number of piperidine rings is 1. The van der Waals surface area contributed by atoms with Crippen LogP contribution < -0.4 is 5.32 Å². The van der Waals surface area contributed by atoms with E-state index < -0.39 is 5.54 Å². The Balaban J connectivity index is 2.00. The second kappa shape index (κ2) is 7.59. The fraction of sp³-hybridized carbons (Fsp3) is 0.941. The van der Waals surface area contributed by atoms with Gasteiger partial charge in [0.2, 0.25) is 0 Å². The molecule has 4 heteroatoms. The minimum absolute atomic E-state index is 0.0671. The zero-order chi connectivity index (χ0) is 15.3. The molecular formula is C17H32N2O2. The number of likely N-dealkylation sites (tertiary alicyclic amines) is 1. The minimum atomic E-state index is -0.436. The monoisotopic (exact) mass is 296 g/mol. The Labute approximate surface area is 129 Å². The molecule has 3 unspecified atom stereocenters. The van der Waals surface area contributed by atoms with Crippen LogP contribution in [0, 0.1) is 5.92 Å². The fourth-order valence-corrected chi connectivity index (χ4v) is 4.07. The summed E-state index contributed by atoms with van der Waals surface area (Å²) in [6.07, 6.45) is 7.94. The van der Waals surface area contributed by atoms with Gasteiger partial charge in [0.15, 0.2) is 0 Å². The molecule has 0 aromatic carbocycles. The molecule has 2 aliphatic rings. The summed E-state index contributed by atoms with van der Waals surface area (Å²) < 4.78 is 5.09. The molecular weight excluding hydrogens is 264 g/mol. The summed E-state index contributed by atoms with van der Waals surface area (Å²) in [5, 5.41) is 3.49. The van der Waals surface area contributed by atoms with E-state index in [4.69, 9.17) is 4.74 Å². The van der Waals surface area contributed by atoms with E-state index in [9.17, 15) is 4.79 Å². The number of carbonyl (C=O) groups excluding carboxylic acids is 1. The van der Waals surface area contributed by atoms with Gasteiger partial charge in [0.05, 0.1) is 7.11 Å². The number of esters is 1. The molecule has 2 rings (SSSR count). The Kier molecular flexibility index (Phi) is 6.06. The van der Waals surface area contributed by atoms with Crippen LogP contribution in [-0.2, 0) is 9.53 Å². The highest BCUT2D eigenvalue weighted by molar-refractivity contribution is 5.81. The normalized spacial score (nSPS) is 34.0. The quantitative estimate of drug-likeness (QED) is 0.765. The number of methoxy groups -OCH3 is 1. The van der Waals surface area contributed by atoms with Gasteiger partial charge < -0.3 is 15.0 Å². The molecule has 1 aliphatic heterocycles. The van der Waals surface area contributed by atoms with Gasteiger partial charge >= 0.3 is 5.97 Å². The summed E-state index contributed by atoms with van der Waals surface area (Å²) >= 11 is 0. The largest absolute Gasteiger partial charge is 0.468 e. The number of nitrogens with zero attached hydrogens (tertiary/aromatic N) is 1. The second-order valence-electron chi connectivity index (χ2n) is 6.81. The zero-order valence-electron chi connectivity index (χ0n) is 14.0. The Morgan fingerprint density at radius 2 is 2.19 bits per heavy atom. The van der Waals surface area contributed by atoms with Crippen LogP contribution in [0.25, 0.3) is 0 Å². The van der Waals surface area contributed by atoms with Gasteiger partial charge in [-0.2, -0.15) is 0 Å². The number of rotatable bonds is 6. The Bertz CT molecular complexity index is 348. The van der Waals surface area contributed by atoms with Gasteiger partial charge in [0, 0.05) is 12.6 Å². The highest BCUT2D eigenvalue weighted by Crippen LogP contribution is 2.36. The first-order valence-electron chi connectivity index (χ1n) is 8.72. The van der Waals surface area contributed by atoms with Crippen molar-refractivity contribution in [3.63, 3.8) is 0 Å². The molecule has 3 atom stereocenters. The average Bonchev–Trinajstić information content (AvgIpc) is 2.98. The van der Waals surface area contributed by atoms with Gasteiger partial charge in [-0.3, -0.25) is 4.79 Å². The summed E-state index contributed by atoms with van der Waals surface area (Å²) in [5.74, 6) is 0.776. The topological polar surface area (TPSA) is 41.6 Å². The van der Waals surface area contributed by atoms with Gasteiger partial charge in [0.25, 0.3) is 0 Å². The molecule has 2 fully saturated rings. The van der Waals surface area contributed by atoms with E-state index in [2.05, 4.69) is 24.1 Å². The fourth-order valence-electron chi connectivity index (χ4n) is 4.07. The molecule has 4 nitrogen and oxygen atoms in total. The van der Waals surface area contributed by atoms with Crippen molar-refractivity contribution in [3.8, 4) is 0 Å². The molecule has 0 aromatic heterocycles. The van der Waals surface area contributed by atoms with E-state index in [1.54, 1.807) is 0 Å². The maximum Gasteiger partial charge on any atom is 0.326 e. The highest BCUT2D eigenvalue weighted by atomic mass is 16.5. The third-order valence-corrected chi connectivity index (χ3v) is 5.42. The van der Waals surface area contributed by atoms with E-state index >= 15 is 0 Å². The third kappa shape index (κ3) is 3.78. The molecule has 0 radical (unpaired) electrons. The van der Waals surface area contributed by atoms with E-state index in [0.29, 0.717) is 6.04 Å². The second-order valence-corrected chi connectivity index (χ2v) is 6.81. The Hall–Kier alpha value is -0.610. The third-order valence-electron chi connectivity index (χ3n) is 5.42. The van der Waals surface area contributed by atoms with Crippen LogP contribution in [-0.4, -0.2) is 49.2 Å². The summed E-state index contributed by atoms with van der Waals surface area (Å²) in [7, 11) is 1.51. The van der Waals surface area contributed by atoms with E-state index in [1.807, 2.05) is 0 Å². The van der Waals surface area contributed by atoms with Crippen LogP contribution in [0.1, 0.15) is 58.8 Å². The molecule has 1 N–H and O–H groups in total. The lowest BCUT2D eigenvalue weighted by molar-refractivity contribution is -0.148. The number of hydrogen-bond donors (Lipinski definition) is 1. The van der Waals surface area contributed by atoms with Crippen molar-refractivity contribution < 1.29 is 9.53 Å². The maximum atomic E-state index is 12.3. The van der Waals surface area contributed by atoms with Crippen LogP contribution in [0.4, 0.5) is 0 Å². The van der Waals surface area contributed by atoms with Gasteiger partial charge in [-0.05, 0) is 57.5 Å². The minimum Gasteiger partial charge on any atom is -0.468 e. The standard InChI is InChI=1S/C17H32N2O2/c1-4-10-18-17(16(20)21-3)9-8-15(12-17)19-11-6-7-14(5-2)13-19/h14-15,18H,4-13H2,1-3H3. The van der Waals surface area contributed by atoms with Gasteiger partial charge in [-0.1, -0.05) is 20.3 Å². The first-order chi connectivity index (χ1) is 10.1. The van der Waals surface area contributed by atoms with Crippen molar-refractivity contribution in [2.75, 3.05) is 26.7 Å². The summed E-state index contributed by atoms with van der Waals surface area (Å²) in [5.41, 5.74) is -0.436. The van der Waals surface area contributed by atoms with Crippen LogP contribution in [0.15, 0.2) is 0 Å². The summed E-state index contributed by atoms with van der Waals surface area (Å²) in [6.45, 7) is 7.74. The van der Waals surface area contributed by atoms with Crippen molar-refractivity contribution in [2.24, 2.45) is 5.92 Å². The number of ether oxygens (including phenoxy) is 1. The molecule has 1 saturated carbocycles. The van der Waals surface area contributed by atoms with E-state index in [0.717, 1.165) is 38.1 Å². The maximum absolute atomic E-state index is 12.3. The Morgan fingerprint density at radius 1 is 1.38 bits per heavy atom. The van der Waals surface area contributed by atoms with Crippen molar-refractivity contribution in [1.82, 2.24) is 10.2 Å². The molecule has 0 spiro atoms. The van der Waals surface area contributed by atoms with Crippen molar-refractivity contribution >= 4 is 5.97 Å². The average molecular weight is 296 g/mol. The first-order valence-corrected chi connectivity index (χ1v) is 8.72. The predicted molar refractivity (Wildman–Crippen MR) is 85.3 cm³/mol. The van der Waals surface area contributed by atoms with E-state index in [1.165, 1.54) is 39.5 Å². The van der Waals surface area contributed by atoms with Gasteiger partial charge in [-0.15, -0.1) is 0 Å². The van der Waals surface area contributed by atoms with Crippen molar-refractivity contribution in [2.45, 2.75) is 70.4 Å². The van der Waals surface area contributed by atoms with Crippen molar-refractivity contribution in [3.05, 3.63) is 0 Å². The predicted octanol–water partition coefficient (Wildman–Crippen LogP) is 2.57. The van der Waals surface area contributed by atoms with Gasteiger partial charge in [-0.25, -0.2) is 0 Å². The molecule has 122 valence electrons. The van der Waals surface area contributed by atoms with Crippen LogP contribution in [0.5, 0.6) is 0 Å². The van der Waals surface area contributed by atoms with Crippen LogP contribution >= 0.6 is 0 Å². The molecule has 1 heterocycles. The molecule has 0 amide bonds. The number of nitrogens with one attached hydrogen (secondary N) is 1. The van der Waals surface area contributed by atoms with Crippen LogP contribution in [0.3, 0.4) is 0 Å². The lowest BCUT2D eigenvalue weighted by atomic mass is 9.93. The number of hydrogen-bond acceptors (Lipinski definition) is 4. The molecule has 0 bridgehead atoms. The van der Waals surface area contributed by atoms with Crippen LogP contribution in [0.2, 0.25) is 0 Å². The summed E-state index contributed by atoms with van der Waals surface area (Å²) in [4.78, 5) is 14.9. The van der Waals surface area contributed by atoms with E-state index in [-0.39, 0.29) is 5.97 Å². The smallest absolute Gasteiger partial charge is 0.326 e. The molecule has 0 aromatic rings. The molecule has 21 heavy (non-hydrogen) atoms.